The Morgan fingerprint density at radius 3 is 3.00 bits per heavy atom. The molecule has 0 radical (unpaired) electrons. The summed E-state index contributed by atoms with van der Waals surface area (Å²) in [5.74, 6) is 0.0192. The van der Waals surface area contributed by atoms with Gasteiger partial charge in [0.2, 0.25) is 0 Å². The van der Waals surface area contributed by atoms with Crippen molar-refractivity contribution in [2.45, 2.75) is 0 Å². The number of anilines is 1. The monoisotopic (exact) mass is 229 g/mol. The van der Waals surface area contributed by atoms with E-state index in [4.69, 9.17) is 5.73 Å². The lowest BCUT2D eigenvalue weighted by atomic mass is 10.1. The molecular weight excluding hydrogens is 218 g/mol. The van der Waals surface area contributed by atoms with Gasteiger partial charge in [0.05, 0.1) is 12.6 Å². The molecule has 0 spiro atoms. The number of fused-ring (bicyclic) bond motifs is 1. The number of nitrogen functional groups attached to an aromatic ring is 1. The third-order valence-electron chi connectivity index (χ3n) is 2.30. The van der Waals surface area contributed by atoms with E-state index in [1.165, 1.54) is 19.5 Å². The van der Waals surface area contributed by atoms with Crippen molar-refractivity contribution in [2.24, 2.45) is 0 Å². The molecule has 17 heavy (non-hydrogen) atoms. The van der Waals surface area contributed by atoms with Gasteiger partial charge in [-0.25, -0.2) is 14.8 Å². The number of methoxy groups -OCH3 is 1. The predicted octanol–water partition coefficient (Wildman–Crippen LogP) is 1.40. The molecule has 0 bridgehead atoms. The summed E-state index contributed by atoms with van der Waals surface area (Å²) in [4.78, 5) is 19.0. The molecule has 0 amide bonds. The van der Waals surface area contributed by atoms with Crippen molar-refractivity contribution >= 4 is 28.8 Å². The summed E-state index contributed by atoms with van der Waals surface area (Å²) in [6.07, 6.45) is 4.42. The molecule has 5 heteroatoms. The van der Waals surface area contributed by atoms with E-state index in [0.717, 1.165) is 16.5 Å². The van der Waals surface area contributed by atoms with Gasteiger partial charge in [-0.15, -0.1) is 0 Å². The molecule has 1 aromatic carbocycles. The summed E-state index contributed by atoms with van der Waals surface area (Å²) in [7, 11) is 1.33. The molecule has 2 rings (SSSR count). The average molecular weight is 229 g/mol. The van der Waals surface area contributed by atoms with Gasteiger partial charge in [-0.2, -0.15) is 0 Å². The van der Waals surface area contributed by atoms with E-state index < -0.39 is 5.97 Å². The van der Waals surface area contributed by atoms with Crippen LogP contribution in [0.2, 0.25) is 0 Å². The van der Waals surface area contributed by atoms with Crippen molar-refractivity contribution in [3.05, 3.63) is 36.2 Å². The zero-order valence-corrected chi connectivity index (χ0v) is 9.25. The first-order valence-corrected chi connectivity index (χ1v) is 4.97. The maximum absolute atomic E-state index is 11.0. The summed E-state index contributed by atoms with van der Waals surface area (Å²) in [5, 5.41) is 0.763. The van der Waals surface area contributed by atoms with Crippen molar-refractivity contribution in [1.82, 2.24) is 9.97 Å². The van der Waals surface area contributed by atoms with Gasteiger partial charge < -0.3 is 10.5 Å². The lowest BCUT2D eigenvalue weighted by Gasteiger charge is -2.01. The van der Waals surface area contributed by atoms with E-state index in [9.17, 15) is 4.79 Å². The fraction of sp³-hybridized carbons (Fsp3) is 0.0833. The number of rotatable bonds is 2. The van der Waals surface area contributed by atoms with Crippen LogP contribution >= 0.6 is 0 Å². The molecule has 1 aromatic heterocycles. The summed E-state index contributed by atoms with van der Waals surface area (Å²) >= 11 is 0. The zero-order valence-electron chi connectivity index (χ0n) is 9.25. The van der Waals surface area contributed by atoms with E-state index in [-0.39, 0.29) is 0 Å². The highest BCUT2D eigenvalue weighted by atomic mass is 16.5. The molecule has 0 saturated carbocycles. The second kappa shape index (κ2) is 4.61. The van der Waals surface area contributed by atoms with Crippen molar-refractivity contribution < 1.29 is 9.53 Å². The highest BCUT2D eigenvalue weighted by Crippen LogP contribution is 2.18. The molecule has 2 aromatic rings. The zero-order chi connectivity index (χ0) is 12.3. The first kappa shape index (κ1) is 11.1. The Hall–Kier alpha value is -2.43. The molecule has 0 aliphatic rings. The van der Waals surface area contributed by atoms with Gasteiger partial charge in [0, 0.05) is 11.5 Å². The van der Waals surface area contributed by atoms with Crippen LogP contribution in [0.15, 0.2) is 30.6 Å². The third kappa shape index (κ3) is 2.39. The number of nitrogens with zero attached hydrogens (tertiary/aromatic N) is 2. The normalized spacial score (nSPS) is 10.9. The lowest BCUT2D eigenvalue weighted by Crippen LogP contribution is -1.94. The third-order valence-corrected chi connectivity index (χ3v) is 2.30. The molecule has 2 N–H and O–H groups in total. The molecule has 0 fully saturated rings. The van der Waals surface area contributed by atoms with Gasteiger partial charge >= 0.3 is 5.97 Å². The minimum atomic E-state index is -0.401. The van der Waals surface area contributed by atoms with Crippen LogP contribution in [0.3, 0.4) is 0 Å². The van der Waals surface area contributed by atoms with Crippen molar-refractivity contribution in [1.29, 1.82) is 0 Å². The first-order valence-electron chi connectivity index (χ1n) is 4.97. The fourth-order valence-electron chi connectivity index (χ4n) is 1.43. The Kier molecular flexibility index (Phi) is 3.00. The molecule has 0 aliphatic heterocycles. The number of hydrogen-bond acceptors (Lipinski definition) is 5. The van der Waals surface area contributed by atoms with Crippen LogP contribution < -0.4 is 5.73 Å². The number of carbonyl (C=O) groups is 1. The summed E-state index contributed by atoms with van der Waals surface area (Å²) in [6.45, 7) is 0. The lowest BCUT2D eigenvalue weighted by molar-refractivity contribution is -0.134. The van der Waals surface area contributed by atoms with Crippen molar-refractivity contribution in [3.8, 4) is 0 Å². The van der Waals surface area contributed by atoms with Crippen LogP contribution in [0.4, 0.5) is 5.82 Å². The van der Waals surface area contributed by atoms with Crippen LogP contribution in [0.5, 0.6) is 0 Å². The van der Waals surface area contributed by atoms with Gasteiger partial charge in [-0.3, -0.25) is 0 Å². The number of hydrogen-bond donors (Lipinski definition) is 1. The van der Waals surface area contributed by atoms with Crippen LogP contribution in [-0.2, 0) is 9.53 Å². The molecular formula is C12H11N3O2. The second-order valence-corrected chi connectivity index (χ2v) is 3.39. The summed E-state index contributed by atoms with van der Waals surface area (Å²) in [5.41, 5.74) is 7.35. The smallest absolute Gasteiger partial charge is 0.330 e. The molecule has 0 atom stereocenters. The van der Waals surface area contributed by atoms with Crippen LogP contribution in [0.1, 0.15) is 5.56 Å². The number of benzene rings is 1. The maximum atomic E-state index is 11.0. The van der Waals surface area contributed by atoms with E-state index in [2.05, 4.69) is 14.7 Å². The predicted molar refractivity (Wildman–Crippen MR) is 65.0 cm³/mol. The summed E-state index contributed by atoms with van der Waals surface area (Å²) < 4.78 is 4.51. The van der Waals surface area contributed by atoms with Gasteiger partial charge in [-0.1, -0.05) is 6.07 Å². The van der Waals surface area contributed by atoms with Crippen molar-refractivity contribution in [2.75, 3.05) is 12.8 Å². The number of ether oxygens (including phenoxy) is 1. The van der Waals surface area contributed by atoms with Gasteiger partial charge in [0.1, 0.15) is 12.1 Å². The highest BCUT2D eigenvalue weighted by molar-refractivity contribution is 5.91. The maximum Gasteiger partial charge on any atom is 0.330 e. The Balaban J connectivity index is 2.41. The molecule has 86 valence electrons. The molecule has 5 nitrogen and oxygen atoms in total. The molecule has 0 unspecified atom stereocenters. The minimum Gasteiger partial charge on any atom is -0.466 e. The van der Waals surface area contributed by atoms with E-state index in [1.807, 2.05) is 18.2 Å². The Morgan fingerprint density at radius 1 is 1.41 bits per heavy atom. The number of aromatic nitrogens is 2. The Bertz CT molecular complexity index is 593. The summed E-state index contributed by atoms with van der Waals surface area (Å²) in [6, 6.07) is 5.49. The van der Waals surface area contributed by atoms with E-state index >= 15 is 0 Å². The quantitative estimate of drug-likeness (QED) is 0.622. The largest absolute Gasteiger partial charge is 0.466 e. The molecule has 0 aliphatic carbocycles. The molecule has 1 heterocycles. The first-order chi connectivity index (χ1) is 8.20. The molecule has 0 saturated heterocycles. The number of nitrogens with two attached hydrogens (primary N) is 1. The topological polar surface area (TPSA) is 78.1 Å². The standard InChI is InChI=1S/C12H11N3O2/c1-17-11(16)5-3-8-2-4-10-9(6-8)12(13)15-7-14-10/h2-7H,1H3,(H2,13,14,15). The SMILES string of the molecule is COC(=O)C=Cc1ccc2ncnc(N)c2c1. The minimum absolute atomic E-state index is 0.401. The van der Waals surface area contributed by atoms with Crippen LogP contribution in [0, 0.1) is 0 Å². The Morgan fingerprint density at radius 2 is 2.24 bits per heavy atom. The van der Waals surface area contributed by atoms with Crippen LogP contribution in [0.25, 0.3) is 17.0 Å². The highest BCUT2D eigenvalue weighted by Gasteiger charge is 2.00. The van der Waals surface area contributed by atoms with Crippen molar-refractivity contribution in [3.63, 3.8) is 0 Å². The average Bonchev–Trinajstić information content (AvgIpc) is 2.36. The van der Waals surface area contributed by atoms with Gasteiger partial charge in [0.15, 0.2) is 0 Å². The number of carbonyl (C=O) groups excluding carboxylic acids is 1. The Labute approximate surface area is 97.9 Å². The number of esters is 1. The van der Waals surface area contributed by atoms with Gasteiger partial charge in [-0.05, 0) is 23.8 Å². The second-order valence-electron chi connectivity index (χ2n) is 3.39. The van der Waals surface area contributed by atoms with Gasteiger partial charge in [0.25, 0.3) is 0 Å². The fourth-order valence-corrected chi connectivity index (χ4v) is 1.43. The van der Waals surface area contributed by atoms with E-state index in [1.54, 1.807) is 6.08 Å². The van der Waals surface area contributed by atoms with E-state index in [0.29, 0.717) is 5.82 Å². The van der Waals surface area contributed by atoms with Crippen LogP contribution in [-0.4, -0.2) is 23.0 Å².